The second-order valence-electron chi connectivity index (χ2n) is 4.83. The normalized spacial score (nSPS) is 15.1. The Morgan fingerprint density at radius 1 is 1.18 bits per heavy atom. The fraction of sp³-hybridized carbons (Fsp3) is 0.400. The van der Waals surface area contributed by atoms with Crippen molar-refractivity contribution < 1.29 is 19.8 Å². The Hall–Kier alpha value is -1.92. The number of pyridine rings is 1. The highest BCUT2D eigenvalue weighted by Gasteiger charge is 2.10. The quantitative estimate of drug-likeness (QED) is 0.652. The lowest BCUT2D eigenvalue weighted by molar-refractivity contribution is -0.134. The van der Waals surface area contributed by atoms with Gasteiger partial charge in [0.25, 0.3) is 0 Å². The van der Waals surface area contributed by atoms with E-state index >= 15 is 0 Å². The van der Waals surface area contributed by atoms with Crippen molar-refractivity contribution in [3.05, 3.63) is 41.2 Å². The number of halogens is 1. The number of rotatable bonds is 4. The summed E-state index contributed by atoms with van der Waals surface area (Å²) in [4.78, 5) is 25.6. The summed E-state index contributed by atoms with van der Waals surface area (Å²) < 4.78 is 0. The summed E-state index contributed by atoms with van der Waals surface area (Å²) in [6, 6.07) is 4.00. The topological polar surface area (TPSA) is 90.7 Å². The predicted octanol–water partition coefficient (Wildman–Crippen LogP) is 2.43. The number of aliphatic carboxylic acids is 2. The van der Waals surface area contributed by atoms with Crippen molar-refractivity contribution in [1.29, 1.82) is 0 Å². The molecule has 1 aliphatic rings. The SMILES string of the molecule is Clc1cc(CN2CCCCC2)ccn1.O=C(O)C=CC(=O)O. The smallest absolute Gasteiger partial charge is 0.328 e. The Balaban J connectivity index is 0.000000261. The number of aromatic nitrogens is 1. The van der Waals surface area contributed by atoms with Gasteiger partial charge in [0.1, 0.15) is 5.15 Å². The van der Waals surface area contributed by atoms with Crippen LogP contribution in [0.25, 0.3) is 0 Å². The molecule has 0 spiro atoms. The third kappa shape index (κ3) is 8.39. The van der Waals surface area contributed by atoms with Gasteiger partial charge in [-0.15, -0.1) is 0 Å². The molecule has 0 aromatic carbocycles. The first-order chi connectivity index (χ1) is 10.5. The Labute approximate surface area is 134 Å². The largest absolute Gasteiger partial charge is 0.478 e. The van der Waals surface area contributed by atoms with Gasteiger partial charge >= 0.3 is 11.9 Å². The maximum atomic E-state index is 9.55. The summed E-state index contributed by atoms with van der Waals surface area (Å²) in [7, 11) is 0. The van der Waals surface area contributed by atoms with Crippen molar-refractivity contribution in [3.8, 4) is 0 Å². The molecule has 2 rings (SSSR count). The number of carbonyl (C=O) groups is 2. The molecule has 2 N–H and O–H groups in total. The fourth-order valence-corrected chi connectivity index (χ4v) is 2.26. The second kappa shape index (κ2) is 9.92. The Bertz CT molecular complexity index is 512. The molecule has 1 aliphatic heterocycles. The molecule has 2 heterocycles. The van der Waals surface area contributed by atoms with Crippen LogP contribution >= 0.6 is 11.6 Å². The number of carboxylic acid groups (broad SMARTS) is 2. The zero-order valence-corrected chi connectivity index (χ0v) is 12.9. The summed E-state index contributed by atoms with van der Waals surface area (Å²) >= 11 is 5.83. The standard InChI is InChI=1S/C11H15ClN2.C4H4O4/c12-11-8-10(4-5-13-11)9-14-6-2-1-3-7-14;5-3(6)1-2-4(7)8/h4-5,8H,1-3,6-7,9H2;1-2H,(H,5,6)(H,7,8). The van der Waals surface area contributed by atoms with Crippen LogP contribution in [0.5, 0.6) is 0 Å². The highest BCUT2D eigenvalue weighted by molar-refractivity contribution is 6.29. The molecule has 22 heavy (non-hydrogen) atoms. The maximum absolute atomic E-state index is 9.55. The van der Waals surface area contributed by atoms with E-state index in [1.807, 2.05) is 12.1 Å². The van der Waals surface area contributed by atoms with Gasteiger partial charge in [0.05, 0.1) is 0 Å². The zero-order valence-electron chi connectivity index (χ0n) is 12.1. The molecule has 0 aliphatic carbocycles. The van der Waals surface area contributed by atoms with Crippen molar-refractivity contribution in [1.82, 2.24) is 9.88 Å². The van der Waals surface area contributed by atoms with Crippen molar-refractivity contribution in [2.45, 2.75) is 25.8 Å². The zero-order chi connectivity index (χ0) is 16.4. The first kappa shape index (κ1) is 18.1. The van der Waals surface area contributed by atoms with E-state index in [2.05, 4.69) is 9.88 Å². The minimum atomic E-state index is -1.26. The van der Waals surface area contributed by atoms with Crippen molar-refractivity contribution in [2.24, 2.45) is 0 Å². The van der Waals surface area contributed by atoms with Gasteiger partial charge in [0.15, 0.2) is 0 Å². The summed E-state index contributed by atoms with van der Waals surface area (Å²) in [6.07, 6.45) is 6.94. The van der Waals surface area contributed by atoms with E-state index in [1.54, 1.807) is 6.20 Å². The van der Waals surface area contributed by atoms with Crippen LogP contribution in [0.2, 0.25) is 5.15 Å². The van der Waals surface area contributed by atoms with Crippen LogP contribution in [-0.4, -0.2) is 45.1 Å². The van der Waals surface area contributed by atoms with Crippen LogP contribution in [0.15, 0.2) is 30.5 Å². The molecule has 0 saturated carbocycles. The minimum Gasteiger partial charge on any atom is -0.478 e. The van der Waals surface area contributed by atoms with E-state index < -0.39 is 11.9 Å². The van der Waals surface area contributed by atoms with E-state index in [4.69, 9.17) is 21.8 Å². The second-order valence-corrected chi connectivity index (χ2v) is 5.22. The fourth-order valence-electron chi connectivity index (χ4n) is 2.06. The monoisotopic (exact) mass is 326 g/mol. The first-order valence-corrected chi connectivity index (χ1v) is 7.32. The minimum absolute atomic E-state index is 0.558. The van der Waals surface area contributed by atoms with Crippen molar-refractivity contribution in [3.63, 3.8) is 0 Å². The van der Waals surface area contributed by atoms with Crippen molar-refractivity contribution >= 4 is 23.5 Å². The number of hydrogen-bond donors (Lipinski definition) is 2. The van der Waals surface area contributed by atoms with Gasteiger partial charge in [-0.3, -0.25) is 4.90 Å². The molecule has 1 aromatic heterocycles. The molecule has 0 atom stereocenters. The van der Waals surface area contributed by atoms with E-state index in [-0.39, 0.29) is 0 Å². The van der Waals surface area contributed by atoms with E-state index in [9.17, 15) is 9.59 Å². The van der Waals surface area contributed by atoms with Gasteiger partial charge in [-0.25, -0.2) is 14.6 Å². The van der Waals surface area contributed by atoms with Crippen LogP contribution < -0.4 is 0 Å². The highest BCUT2D eigenvalue weighted by atomic mass is 35.5. The van der Waals surface area contributed by atoms with Gasteiger partial charge in [0.2, 0.25) is 0 Å². The average Bonchev–Trinajstić information content (AvgIpc) is 2.47. The Morgan fingerprint density at radius 2 is 1.77 bits per heavy atom. The maximum Gasteiger partial charge on any atom is 0.328 e. The van der Waals surface area contributed by atoms with Gasteiger partial charge in [-0.1, -0.05) is 18.0 Å². The van der Waals surface area contributed by atoms with Gasteiger partial charge in [-0.2, -0.15) is 0 Å². The molecule has 6 nitrogen and oxygen atoms in total. The number of likely N-dealkylation sites (tertiary alicyclic amines) is 1. The molecule has 120 valence electrons. The van der Waals surface area contributed by atoms with Crippen LogP contribution in [0.1, 0.15) is 24.8 Å². The number of piperidine rings is 1. The summed E-state index contributed by atoms with van der Waals surface area (Å²) in [5.41, 5.74) is 1.27. The van der Waals surface area contributed by atoms with Crippen LogP contribution in [0.3, 0.4) is 0 Å². The van der Waals surface area contributed by atoms with Gasteiger partial charge in [0, 0.05) is 24.9 Å². The lowest BCUT2D eigenvalue weighted by Crippen LogP contribution is -2.29. The number of nitrogens with zero attached hydrogens (tertiary/aromatic N) is 2. The Morgan fingerprint density at radius 3 is 2.27 bits per heavy atom. The van der Waals surface area contributed by atoms with E-state index in [0.717, 1.165) is 6.54 Å². The van der Waals surface area contributed by atoms with Crippen LogP contribution in [-0.2, 0) is 16.1 Å². The molecule has 1 saturated heterocycles. The average molecular weight is 327 g/mol. The molecular weight excluding hydrogens is 308 g/mol. The van der Waals surface area contributed by atoms with Crippen LogP contribution in [0.4, 0.5) is 0 Å². The molecule has 0 amide bonds. The van der Waals surface area contributed by atoms with Crippen molar-refractivity contribution in [2.75, 3.05) is 13.1 Å². The molecular formula is C15H19ClN2O4. The molecule has 0 bridgehead atoms. The predicted molar refractivity (Wildman–Crippen MR) is 82.8 cm³/mol. The third-order valence-corrected chi connectivity index (χ3v) is 3.22. The number of hydrogen-bond acceptors (Lipinski definition) is 4. The highest BCUT2D eigenvalue weighted by Crippen LogP contribution is 2.14. The molecule has 0 radical (unpaired) electrons. The van der Waals surface area contributed by atoms with Crippen LogP contribution in [0, 0.1) is 0 Å². The summed E-state index contributed by atoms with van der Waals surface area (Å²) in [5.74, 6) is -2.51. The first-order valence-electron chi connectivity index (χ1n) is 6.94. The lowest BCUT2D eigenvalue weighted by atomic mass is 10.1. The van der Waals surface area contributed by atoms with Gasteiger partial charge in [-0.05, 0) is 43.6 Å². The molecule has 1 fully saturated rings. The number of carboxylic acids is 2. The molecule has 0 unspecified atom stereocenters. The van der Waals surface area contributed by atoms with E-state index in [0.29, 0.717) is 17.3 Å². The summed E-state index contributed by atoms with van der Waals surface area (Å²) in [6.45, 7) is 3.46. The van der Waals surface area contributed by atoms with E-state index in [1.165, 1.54) is 37.9 Å². The molecule has 1 aromatic rings. The third-order valence-electron chi connectivity index (χ3n) is 3.01. The summed E-state index contributed by atoms with van der Waals surface area (Å²) in [5, 5.41) is 16.2. The van der Waals surface area contributed by atoms with Gasteiger partial charge < -0.3 is 10.2 Å². The molecule has 7 heteroatoms. The Kier molecular flexibility index (Phi) is 8.17. The lowest BCUT2D eigenvalue weighted by Gasteiger charge is -2.26.